The molecule has 0 bridgehead atoms. The molecule has 7 aromatic rings. The highest BCUT2D eigenvalue weighted by molar-refractivity contribution is 6.29. The molecule has 3 heterocycles. The Morgan fingerprint density at radius 3 is 2.50 bits per heavy atom. The lowest BCUT2D eigenvalue weighted by atomic mass is 9.84. The smallest absolute Gasteiger partial charge is 0.0998 e. The average Bonchev–Trinajstić information content (AvgIpc) is 3.18. The molecular weight excluding hydrogens is 414 g/mol. The zero-order valence-corrected chi connectivity index (χ0v) is 19.5. The van der Waals surface area contributed by atoms with Gasteiger partial charge in [0.2, 0.25) is 0 Å². The molecule has 3 aromatic heterocycles. The number of benzene rings is 4. The Balaban J connectivity index is 1.91. The summed E-state index contributed by atoms with van der Waals surface area (Å²) in [6, 6.07) is 26.0. The number of rotatable bonds is 1. The molecule has 3 nitrogen and oxygen atoms in total. The third kappa shape index (κ3) is 2.43. The molecule has 0 aliphatic heterocycles. The number of hydrogen-bond donors (Lipinski definition) is 0. The minimum absolute atomic E-state index is 0.105. The summed E-state index contributed by atoms with van der Waals surface area (Å²) in [7, 11) is 0. The van der Waals surface area contributed by atoms with Gasteiger partial charge < -0.3 is 4.40 Å². The lowest BCUT2D eigenvalue weighted by Gasteiger charge is -2.23. The normalized spacial score (nSPS) is 12.6. The molecule has 0 aliphatic carbocycles. The van der Waals surface area contributed by atoms with Gasteiger partial charge in [0.15, 0.2) is 0 Å². The maximum atomic E-state index is 9.98. The SMILES string of the molecule is CC(C)(C)Cc1c2ccccc2cc2c3nccc4ccc5c6c(C#N)cccc6n(c12)c5c43. The molecule has 162 valence electrons. The number of nitrogens with zero attached hydrogens (tertiary/aromatic N) is 3. The van der Waals surface area contributed by atoms with Crippen molar-refractivity contribution in [2.75, 3.05) is 0 Å². The predicted molar refractivity (Wildman–Crippen MR) is 142 cm³/mol. The van der Waals surface area contributed by atoms with Crippen LogP contribution < -0.4 is 0 Å². The van der Waals surface area contributed by atoms with Crippen molar-refractivity contribution in [1.29, 1.82) is 5.26 Å². The van der Waals surface area contributed by atoms with Gasteiger partial charge >= 0.3 is 0 Å². The Hall–Kier alpha value is -4.16. The maximum absolute atomic E-state index is 9.98. The number of nitriles is 1. The number of hydrogen-bond acceptors (Lipinski definition) is 2. The second kappa shape index (κ2) is 6.46. The lowest BCUT2D eigenvalue weighted by Crippen LogP contribution is -2.11. The van der Waals surface area contributed by atoms with Crippen molar-refractivity contribution < 1.29 is 0 Å². The van der Waals surface area contributed by atoms with Crippen LogP contribution in [0.25, 0.3) is 59.8 Å². The van der Waals surface area contributed by atoms with Crippen molar-refractivity contribution in [2.45, 2.75) is 27.2 Å². The van der Waals surface area contributed by atoms with Crippen molar-refractivity contribution in [2.24, 2.45) is 5.41 Å². The number of aromatic nitrogens is 2. The fourth-order valence-electron chi connectivity index (χ4n) is 5.90. The van der Waals surface area contributed by atoms with Crippen LogP contribution in [0.5, 0.6) is 0 Å². The molecule has 0 saturated carbocycles. The largest absolute Gasteiger partial charge is 0.308 e. The first-order valence-electron chi connectivity index (χ1n) is 11.8. The van der Waals surface area contributed by atoms with E-state index in [-0.39, 0.29) is 5.41 Å². The van der Waals surface area contributed by atoms with Crippen LogP contribution in [-0.4, -0.2) is 9.38 Å². The lowest BCUT2D eigenvalue weighted by molar-refractivity contribution is 0.413. The van der Waals surface area contributed by atoms with Gasteiger partial charge in [0.1, 0.15) is 0 Å². The van der Waals surface area contributed by atoms with Crippen molar-refractivity contribution in [3.05, 3.63) is 84.1 Å². The van der Waals surface area contributed by atoms with Gasteiger partial charge in [-0.1, -0.05) is 63.2 Å². The fourth-order valence-corrected chi connectivity index (χ4v) is 5.90. The van der Waals surface area contributed by atoms with E-state index in [0.717, 1.165) is 33.7 Å². The summed E-state index contributed by atoms with van der Waals surface area (Å²) in [5, 5.41) is 18.2. The van der Waals surface area contributed by atoms with Gasteiger partial charge in [0.25, 0.3) is 0 Å². The standard InChI is InChI=1S/C31H23N3/c1-31(2,3)16-24-21-9-5-4-7-19(21)15-23-28-27-18(13-14-33-28)11-12-22-26-20(17-32)8-6-10-25(26)34(29(23)24)30(22)27/h4-15H,16H2,1-3H3. The highest BCUT2D eigenvalue weighted by Crippen LogP contribution is 2.44. The van der Waals surface area contributed by atoms with E-state index in [1.807, 2.05) is 18.3 Å². The van der Waals surface area contributed by atoms with Crippen LogP contribution in [0.3, 0.4) is 0 Å². The Kier molecular flexibility index (Phi) is 3.67. The van der Waals surface area contributed by atoms with Gasteiger partial charge in [0.05, 0.1) is 33.7 Å². The van der Waals surface area contributed by atoms with Crippen molar-refractivity contribution >= 4 is 59.8 Å². The summed E-state index contributed by atoms with van der Waals surface area (Å²) < 4.78 is 2.42. The first-order chi connectivity index (χ1) is 16.5. The topological polar surface area (TPSA) is 41.1 Å². The minimum atomic E-state index is 0.105. The molecule has 0 fully saturated rings. The predicted octanol–water partition coefficient (Wildman–Crippen LogP) is 8.00. The summed E-state index contributed by atoms with van der Waals surface area (Å²) in [5.41, 5.74) is 6.66. The van der Waals surface area contributed by atoms with Gasteiger partial charge in [-0.2, -0.15) is 5.26 Å². The summed E-state index contributed by atoms with van der Waals surface area (Å²) in [5.74, 6) is 0. The molecule has 3 heteroatoms. The monoisotopic (exact) mass is 437 g/mol. The van der Waals surface area contributed by atoms with Gasteiger partial charge in [0, 0.05) is 27.7 Å². The van der Waals surface area contributed by atoms with Crippen molar-refractivity contribution in [3.63, 3.8) is 0 Å². The van der Waals surface area contributed by atoms with E-state index in [9.17, 15) is 5.26 Å². The summed E-state index contributed by atoms with van der Waals surface area (Å²) in [4.78, 5) is 4.94. The zero-order valence-electron chi connectivity index (χ0n) is 19.5. The molecule has 0 aliphatic rings. The zero-order chi connectivity index (χ0) is 23.2. The molecule has 0 spiro atoms. The van der Waals surface area contributed by atoms with Crippen LogP contribution in [0.15, 0.2) is 72.9 Å². The summed E-state index contributed by atoms with van der Waals surface area (Å²) in [6.07, 6.45) is 2.86. The average molecular weight is 438 g/mol. The van der Waals surface area contributed by atoms with E-state index >= 15 is 0 Å². The van der Waals surface area contributed by atoms with E-state index in [2.05, 4.69) is 85.8 Å². The van der Waals surface area contributed by atoms with E-state index in [4.69, 9.17) is 4.98 Å². The number of fused-ring (bicyclic) bond motifs is 7. The van der Waals surface area contributed by atoms with Gasteiger partial charge in [-0.3, -0.25) is 4.98 Å². The number of pyridine rings is 2. The Morgan fingerprint density at radius 2 is 1.68 bits per heavy atom. The molecule has 4 aromatic carbocycles. The van der Waals surface area contributed by atoms with E-state index < -0.39 is 0 Å². The van der Waals surface area contributed by atoms with Gasteiger partial charge in [-0.05, 0) is 57.8 Å². The second-order valence-electron chi connectivity index (χ2n) is 10.6. The molecule has 0 N–H and O–H groups in total. The molecule has 0 atom stereocenters. The highest BCUT2D eigenvalue weighted by atomic mass is 14.9. The molecular formula is C31H23N3. The van der Waals surface area contributed by atoms with Gasteiger partial charge in [-0.25, -0.2) is 0 Å². The van der Waals surface area contributed by atoms with E-state index in [0.29, 0.717) is 5.56 Å². The van der Waals surface area contributed by atoms with Crippen LogP contribution in [-0.2, 0) is 6.42 Å². The first kappa shape index (κ1) is 19.3. The second-order valence-corrected chi connectivity index (χ2v) is 10.6. The summed E-state index contributed by atoms with van der Waals surface area (Å²) in [6.45, 7) is 6.90. The molecule has 0 radical (unpaired) electrons. The highest BCUT2D eigenvalue weighted by Gasteiger charge is 2.24. The third-order valence-electron chi connectivity index (χ3n) is 7.11. The summed E-state index contributed by atoms with van der Waals surface area (Å²) >= 11 is 0. The molecule has 7 rings (SSSR count). The molecule has 0 amide bonds. The van der Waals surface area contributed by atoms with Crippen molar-refractivity contribution in [3.8, 4) is 6.07 Å². The van der Waals surface area contributed by atoms with Crippen LogP contribution in [0, 0.1) is 16.7 Å². The van der Waals surface area contributed by atoms with Crippen LogP contribution in [0.4, 0.5) is 0 Å². The van der Waals surface area contributed by atoms with E-state index in [1.165, 1.54) is 38.0 Å². The van der Waals surface area contributed by atoms with Gasteiger partial charge in [-0.15, -0.1) is 0 Å². The third-order valence-corrected chi connectivity index (χ3v) is 7.11. The van der Waals surface area contributed by atoms with Crippen LogP contribution in [0.2, 0.25) is 0 Å². The Bertz CT molecular complexity index is 1980. The Labute approximate surface area is 197 Å². The first-order valence-corrected chi connectivity index (χ1v) is 11.8. The Morgan fingerprint density at radius 1 is 0.824 bits per heavy atom. The molecule has 34 heavy (non-hydrogen) atoms. The minimum Gasteiger partial charge on any atom is -0.308 e. The quantitative estimate of drug-likeness (QED) is 0.193. The maximum Gasteiger partial charge on any atom is 0.0998 e. The molecule has 0 unspecified atom stereocenters. The van der Waals surface area contributed by atoms with E-state index in [1.54, 1.807) is 0 Å². The fraction of sp³-hybridized carbons (Fsp3) is 0.161. The molecule has 0 saturated heterocycles. The van der Waals surface area contributed by atoms with Crippen LogP contribution >= 0.6 is 0 Å². The van der Waals surface area contributed by atoms with Crippen molar-refractivity contribution in [1.82, 2.24) is 9.38 Å². The van der Waals surface area contributed by atoms with Crippen LogP contribution in [0.1, 0.15) is 31.9 Å².